The number of cyclic esters (lactones) is 1. The highest BCUT2D eigenvalue weighted by Gasteiger charge is 2.29. The monoisotopic (exact) mass is 424 g/mol. The van der Waals surface area contributed by atoms with Gasteiger partial charge in [0.15, 0.2) is 0 Å². The smallest absolute Gasteiger partial charge is 0.414 e. The molecule has 2 aliphatic rings. The normalized spacial score (nSPS) is 16.6. The average Bonchev–Trinajstić information content (AvgIpc) is 3.12. The molecule has 0 N–H and O–H groups in total. The highest BCUT2D eigenvalue weighted by molar-refractivity contribution is 9.10. The van der Waals surface area contributed by atoms with Gasteiger partial charge in [0, 0.05) is 22.9 Å². The van der Waals surface area contributed by atoms with E-state index in [1.165, 1.54) is 11.1 Å². The lowest BCUT2D eigenvalue weighted by Gasteiger charge is -2.32. The standard InChI is InChI=1S/C20H17BrN4O2/c21-14-4-5-17-16(10-14)19(23-12-22-17)24-7-6-15-13(11-24)2-1-3-18(15)25-8-9-27-20(25)26/h1-5,10,12H,6-9,11H2. The summed E-state index contributed by atoms with van der Waals surface area (Å²) in [6.07, 6.45) is 2.23. The largest absolute Gasteiger partial charge is 0.447 e. The van der Waals surface area contributed by atoms with Crippen LogP contribution in [0.15, 0.2) is 47.2 Å². The Kier molecular flexibility index (Phi) is 3.97. The summed E-state index contributed by atoms with van der Waals surface area (Å²) in [6, 6.07) is 12.2. The fourth-order valence-corrected chi connectivity index (χ4v) is 4.26. The molecule has 0 bridgehead atoms. The molecule has 7 heteroatoms. The quantitative estimate of drug-likeness (QED) is 0.623. The van der Waals surface area contributed by atoms with Crippen molar-refractivity contribution in [1.29, 1.82) is 0 Å². The Labute approximate surface area is 164 Å². The fourth-order valence-electron chi connectivity index (χ4n) is 3.90. The van der Waals surface area contributed by atoms with E-state index >= 15 is 0 Å². The van der Waals surface area contributed by atoms with Crippen LogP contribution in [0.4, 0.5) is 16.3 Å². The van der Waals surface area contributed by atoms with Crippen LogP contribution in [0, 0.1) is 0 Å². The van der Waals surface area contributed by atoms with Crippen LogP contribution in [0.25, 0.3) is 10.9 Å². The van der Waals surface area contributed by atoms with Crippen molar-refractivity contribution in [3.63, 3.8) is 0 Å². The molecule has 0 atom stereocenters. The highest BCUT2D eigenvalue weighted by Crippen LogP contribution is 2.34. The third-order valence-corrected chi connectivity index (χ3v) is 5.66. The Morgan fingerprint density at radius 1 is 1.11 bits per heavy atom. The maximum Gasteiger partial charge on any atom is 0.414 e. The summed E-state index contributed by atoms with van der Waals surface area (Å²) < 4.78 is 6.13. The first-order valence-corrected chi connectivity index (χ1v) is 9.70. The third-order valence-electron chi connectivity index (χ3n) is 5.17. The van der Waals surface area contributed by atoms with E-state index in [2.05, 4.69) is 42.9 Å². The first-order chi connectivity index (χ1) is 13.2. The molecule has 3 heterocycles. The molecule has 136 valence electrons. The average molecular weight is 425 g/mol. The molecular formula is C20H17BrN4O2. The van der Waals surface area contributed by atoms with Crippen molar-refractivity contribution >= 4 is 44.4 Å². The van der Waals surface area contributed by atoms with Crippen molar-refractivity contribution in [1.82, 2.24) is 9.97 Å². The van der Waals surface area contributed by atoms with Crippen molar-refractivity contribution in [2.45, 2.75) is 13.0 Å². The second-order valence-corrected chi connectivity index (χ2v) is 7.63. The van der Waals surface area contributed by atoms with Gasteiger partial charge in [0.2, 0.25) is 0 Å². The van der Waals surface area contributed by atoms with Gasteiger partial charge in [-0.05, 0) is 41.8 Å². The molecule has 6 nitrogen and oxygen atoms in total. The summed E-state index contributed by atoms with van der Waals surface area (Å²) in [7, 11) is 0. The minimum Gasteiger partial charge on any atom is -0.447 e. The Balaban J connectivity index is 1.52. The van der Waals surface area contributed by atoms with Gasteiger partial charge in [-0.25, -0.2) is 14.8 Å². The summed E-state index contributed by atoms with van der Waals surface area (Å²) in [6.45, 7) is 2.66. The number of aromatic nitrogens is 2. The van der Waals surface area contributed by atoms with Crippen molar-refractivity contribution < 1.29 is 9.53 Å². The van der Waals surface area contributed by atoms with Crippen LogP contribution in [0.3, 0.4) is 0 Å². The van der Waals surface area contributed by atoms with Crippen molar-refractivity contribution in [2.75, 3.05) is 29.5 Å². The van der Waals surface area contributed by atoms with E-state index in [0.717, 1.165) is 46.4 Å². The number of carbonyl (C=O) groups excluding carboxylic acids is 1. The minimum absolute atomic E-state index is 0.252. The highest BCUT2D eigenvalue weighted by atomic mass is 79.9. The molecule has 1 amide bonds. The number of hydrogen-bond acceptors (Lipinski definition) is 5. The van der Waals surface area contributed by atoms with Gasteiger partial charge in [0.25, 0.3) is 0 Å². The predicted octanol–water partition coefficient (Wildman–Crippen LogP) is 3.91. The van der Waals surface area contributed by atoms with Crippen LogP contribution in [0.5, 0.6) is 0 Å². The van der Waals surface area contributed by atoms with Crippen LogP contribution in [-0.4, -0.2) is 35.8 Å². The lowest BCUT2D eigenvalue weighted by molar-refractivity contribution is 0.181. The van der Waals surface area contributed by atoms with Crippen LogP contribution in [0.1, 0.15) is 11.1 Å². The fraction of sp³-hybridized carbons (Fsp3) is 0.250. The lowest BCUT2D eigenvalue weighted by atomic mass is 9.97. The van der Waals surface area contributed by atoms with Crippen LogP contribution >= 0.6 is 15.9 Å². The molecule has 0 unspecified atom stereocenters. The second-order valence-electron chi connectivity index (χ2n) is 6.71. The van der Waals surface area contributed by atoms with Gasteiger partial charge in [-0.15, -0.1) is 0 Å². The molecule has 0 radical (unpaired) electrons. The molecule has 0 saturated carbocycles. The summed E-state index contributed by atoms with van der Waals surface area (Å²) >= 11 is 3.55. The Bertz CT molecular complexity index is 1060. The molecule has 2 aromatic carbocycles. The zero-order valence-electron chi connectivity index (χ0n) is 14.6. The molecule has 3 aromatic rings. The summed E-state index contributed by atoms with van der Waals surface area (Å²) in [5.74, 6) is 0.943. The Morgan fingerprint density at radius 2 is 2.04 bits per heavy atom. The molecule has 5 rings (SSSR count). The van der Waals surface area contributed by atoms with E-state index in [0.29, 0.717) is 13.2 Å². The number of hydrogen-bond donors (Lipinski definition) is 0. The number of carbonyl (C=O) groups is 1. The first kappa shape index (κ1) is 16.5. The van der Waals surface area contributed by atoms with Crippen molar-refractivity contribution in [2.24, 2.45) is 0 Å². The van der Waals surface area contributed by atoms with Gasteiger partial charge in [-0.3, -0.25) is 4.90 Å². The summed E-state index contributed by atoms with van der Waals surface area (Å²) in [5, 5.41) is 1.04. The molecule has 2 aliphatic heterocycles. The van der Waals surface area contributed by atoms with Gasteiger partial charge in [-0.2, -0.15) is 0 Å². The van der Waals surface area contributed by atoms with Gasteiger partial charge in [0.1, 0.15) is 18.8 Å². The molecule has 0 aliphatic carbocycles. The maximum absolute atomic E-state index is 12.0. The number of nitrogens with zero attached hydrogens (tertiary/aromatic N) is 4. The van der Waals surface area contributed by atoms with Gasteiger partial charge >= 0.3 is 6.09 Å². The summed E-state index contributed by atoms with van der Waals surface area (Å²) in [5.41, 5.74) is 4.36. The van der Waals surface area contributed by atoms with Crippen LogP contribution in [0.2, 0.25) is 0 Å². The van der Waals surface area contributed by atoms with Crippen molar-refractivity contribution in [3.05, 3.63) is 58.3 Å². The van der Waals surface area contributed by atoms with E-state index in [1.54, 1.807) is 11.2 Å². The third kappa shape index (κ3) is 2.82. The molecule has 1 saturated heterocycles. The minimum atomic E-state index is -0.252. The first-order valence-electron chi connectivity index (χ1n) is 8.91. The van der Waals surface area contributed by atoms with Gasteiger partial charge in [0.05, 0.1) is 17.7 Å². The number of ether oxygens (including phenoxy) is 1. The van der Waals surface area contributed by atoms with Gasteiger partial charge in [-0.1, -0.05) is 28.1 Å². The molecule has 0 spiro atoms. The zero-order valence-corrected chi connectivity index (χ0v) is 16.1. The lowest BCUT2D eigenvalue weighted by Crippen LogP contribution is -2.33. The SMILES string of the molecule is O=C1OCCN1c1cccc2c1CCN(c1ncnc3ccc(Br)cc13)C2. The topological polar surface area (TPSA) is 58.6 Å². The summed E-state index contributed by atoms with van der Waals surface area (Å²) in [4.78, 5) is 25.0. The van der Waals surface area contributed by atoms with E-state index < -0.39 is 0 Å². The maximum atomic E-state index is 12.0. The zero-order chi connectivity index (χ0) is 18.4. The van der Waals surface area contributed by atoms with E-state index in [1.807, 2.05) is 24.3 Å². The number of fused-ring (bicyclic) bond motifs is 2. The number of amides is 1. The molecule has 1 aromatic heterocycles. The second kappa shape index (κ2) is 6.49. The van der Waals surface area contributed by atoms with Crippen molar-refractivity contribution in [3.8, 4) is 0 Å². The number of anilines is 2. The van der Waals surface area contributed by atoms with E-state index in [4.69, 9.17) is 4.74 Å². The predicted molar refractivity (Wildman–Crippen MR) is 107 cm³/mol. The Morgan fingerprint density at radius 3 is 2.89 bits per heavy atom. The van der Waals surface area contributed by atoms with Gasteiger partial charge < -0.3 is 9.64 Å². The number of halogens is 1. The van der Waals surface area contributed by atoms with Crippen LogP contribution in [-0.2, 0) is 17.7 Å². The van der Waals surface area contributed by atoms with E-state index in [9.17, 15) is 4.79 Å². The van der Waals surface area contributed by atoms with E-state index in [-0.39, 0.29) is 6.09 Å². The molecule has 27 heavy (non-hydrogen) atoms. The Hall–Kier alpha value is -2.67. The number of benzene rings is 2. The molecular weight excluding hydrogens is 408 g/mol. The molecule has 1 fully saturated rings. The number of rotatable bonds is 2. The van der Waals surface area contributed by atoms with Crippen LogP contribution < -0.4 is 9.80 Å².